The van der Waals surface area contributed by atoms with Crippen LogP contribution in [0.15, 0.2) is 76.2 Å². The fourth-order valence-corrected chi connectivity index (χ4v) is 5.20. The maximum absolute atomic E-state index is 13.8. The molecular formula is C28H26N2O7S. The van der Waals surface area contributed by atoms with E-state index in [-0.39, 0.29) is 17.7 Å². The van der Waals surface area contributed by atoms with Crippen LogP contribution in [-0.4, -0.2) is 37.3 Å². The summed E-state index contributed by atoms with van der Waals surface area (Å²) < 4.78 is 23.3. The molecule has 2 aromatic carbocycles. The van der Waals surface area contributed by atoms with Crippen LogP contribution < -0.4 is 29.1 Å². The Morgan fingerprint density at radius 2 is 1.87 bits per heavy atom. The second-order valence-corrected chi connectivity index (χ2v) is 9.22. The molecule has 4 rings (SSSR count). The SMILES string of the molecule is C=CCOC(=O)C1=C(C)N=c2s/c(=C\c3cccc(OC)c3OC)c(=O)n2[C@H]1c1ccc(OC(C)=O)cc1. The predicted molar refractivity (Wildman–Crippen MR) is 142 cm³/mol. The van der Waals surface area contributed by atoms with Crippen molar-refractivity contribution in [1.29, 1.82) is 0 Å². The quantitative estimate of drug-likeness (QED) is 0.249. The van der Waals surface area contributed by atoms with E-state index in [1.807, 2.05) is 6.07 Å². The van der Waals surface area contributed by atoms with Crippen LogP contribution in [0.3, 0.4) is 0 Å². The van der Waals surface area contributed by atoms with Crippen LogP contribution in [0.4, 0.5) is 0 Å². The third-order valence-electron chi connectivity index (χ3n) is 5.75. The fraction of sp³-hybridized carbons (Fsp3) is 0.214. The van der Waals surface area contributed by atoms with Crippen molar-refractivity contribution in [2.24, 2.45) is 4.99 Å². The van der Waals surface area contributed by atoms with E-state index in [4.69, 9.17) is 18.9 Å². The molecule has 0 unspecified atom stereocenters. The number of fused-ring (bicyclic) bond motifs is 1. The average Bonchev–Trinajstić information content (AvgIpc) is 3.20. The van der Waals surface area contributed by atoms with Gasteiger partial charge in [-0.05, 0) is 36.8 Å². The molecule has 9 nitrogen and oxygen atoms in total. The number of aromatic nitrogens is 1. The molecule has 196 valence electrons. The van der Waals surface area contributed by atoms with Crippen molar-refractivity contribution >= 4 is 29.4 Å². The van der Waals surface area contributed by atoms with Gasteiger partial charge in [0.1, 0.15) is 12.4 Å². The maximum Gasteiger partial charge on any atom is 0.338 e. The summed E-state index contributed by atoms with van der Waals surface area (Å²) in [6.07, 6.45) is 3.18. The summed E-state index contributed by atoms with van der Waals surface area (Å²) >= 11 is 1.19. The number of thiazole rings is 1. The first-order valence-electron chi connectivity index (χ1n) is 11.6. The molecule has 0 saturated carbocycles. The number of ether oxygens (including phenoxy) is 4. The number of hydrogen-bond acceptors (Lipinski definition) is 9. The molecular weight excluding hydrogens is 508 g/mol. The van der Waals surface area contributed by atoms with Crippen LogP contribution in [0, 0.1) is 0 Å². The van der Waals surface area contributed by atoms with Gasteiger partial charge in [-0.25, -0.2) is 9.79 Å². The standard InChI is InChI=1S/C28H26N2O7S/c1-6-14-36-27(33)23-16(2)29-28-30(24(23)18-10-12-20(13-11-18)37-17(3)31)26(32)22(38-28)15-19-8-7-9-21(34-4)25(19)35-5/h6-13,15,24H,1,14H2,2-5H3/b22-15-/t24-/m0/s1. The smallest absolute Gasteiger partial charge is 0.338 e. The molecule has 1 aliphatic rings. The van der Waals surface area contributed by atoms with E-state index in [1.165, 1.54) is 43.1 Å². The number of methoxy groups -OCH3 is 2. The van der Waals surface area contributed by atoms with Crippen LogP contribution >= 0.6 is 11.3 Å². The Morgan fingerprint density at radius 1 is 1.13 bits per heavy atom. The average molecular weight is 535 g/mol. The molecule has 0 bridgehead atoms. The van der Waals surface area contributed by atoms with E-state index in [2.05, 4.69) is 11.6 Å². The molecule has 3 aromatic rings. The van der Waals surface area contributed by atoms with Crippen molar-refractivity contribution in [3.05, 3.63) is 97.2 Å². The largest absolute Gasteiger partial charge is 0.493 e. The second-order valence-electron chi connectivity index (χ2n) is 8.21. The van der Waals surface area contributed by atoms with Gasteiger partial charge in [0.15, 0.2) is 16.3 Å². The number of esters is 2. The van der Waals surface area contributed by atoms with Crippen LogP contribution in [0.25, 0.3) is 6.08 Å². The molecule has 0 spiro atoms. The first-order chi connectivity index (χ1) is 18.3. The van der Waals surface area contributed by atoms with Gasteiger partial charge in [-0.1, -0.05) is 48.3 Å². The minimum atomic E-state index is -0.815. The molecule has 2 heterocycles. The molecule has 1 aliphatic heterocycles. The molecule has 0 aliphatic carbocycles. The minimum Gasteiger partial charge on any atom is -0.493 e. The van der Waals surface area contributed by atoms with Crippen molar-refractivity contribution in [3.8, 4) is 17.2 Å². The van der Waals surface area contributed by atoms with Crippen LogP contribution in [-0.2, 0) is 14.3 Å². The van der Waals surface area contributed by atoms with E-state index in [1.54, 1.807) is 49.4 Å². The highest BCUT2D eigenvalue weighted by molar-refractivity contribution is 7.07. The summed E-state index contributed by atoms with van der Waals surface area (Å²) in [6.45, 7) is 6.61. The van der Waals surface area contributed by atoms with Gasteiger partial charge >= 0.3 is 11.9 Å². The highest BCUT2D eigenvalue weighted by atomic mass is 32.1. The molecule has 0 amide bonds. The van der Waals surface area contributed by atoms with E-state index < -0.39 is 18.0 Å². The Hall–Kier alpha value is -4.44. The minimum absolute atomic E-state index is 0.00772. The van der Waals surface area contributed by atoms with E-state index in [0.717, 1.165) is 0 Å². The lowest BCUT2D eigenvalue weighted by Gasteiger charge is -2.24. The Bertz CT molecular complexity index is 1610. The fourth-order valence-electron chi connectivity index (χ4n) is 4.16. The third kappa shape index (κ3) is 5.16. The molecule has 1 aromatic heterocycles. The lowest BCUT2D eigenvalue weighted by atomic mass is 9.96. The zero-order valence-electron chi connectivity index (χ0n) is 21.3. The van der Waals surface area contributed by atoms with Crippen molar-refractivity contribution in [2.45, 2.75) is 19.9 Å². The molecule has 10 heteroatoms. The lowest BCUT2D eigenvalue weighted by Crippen LogP contribution is -2.39. The number of hydrogen-bond donors (Lipinski definition) is 0. The zero-order valence-corrected chi connectivity index (χ0v) is 22.2. The maximum atomic E-state index is 13.8. The molecule has 38 heavy (non-hydrogen) atoms. The van der Waals surface area contributed by atoms with E-state index >= 15 is 0 Å². The second kappa shape index (κ2) is 11.3. The number of allylic oxidation sites excluding steroid dienone is 1. The highest BCUT2D eigenvalue weighted by Crippen LogP contribution is 2.33. The first kappa shape index (κ1) is 26.6. The summed E-state index contributed by atoms with van der Waals surface area (Å²) in [5, 5.41) is 0. The highest BCUT2D eigenvalue weighted by Gasteiger charge is 2.33. The third-order valence-corrected chi connectivity index (χ3v) is 6.73. The van der Waals surface area contributed by atoms with Crippen LogP contribution in [0.2, 0.25) is 0 Å². The lowest BCUT2D eigenvalue weighted by molar-refractivity contribution is -0.138. The number of carbonyl (C=O) groups excluding carboxylic acids is 2. The van der Waals surface area contributed by atoms with Gasteiger partial charge in [0.05, 0.1) is 36.1 Å². The van der Waals surface area contributed by atoms with Gasteiger partial charge in [-0.15, -0.1) is 0 Å². The molecule has 0 N–H and O–H groups in total. The first-order valence-corrected chi connectivity index (χ1v) is 12.4. The Balaban J connectivity index is 1.92. The normalized spacial score (nSPS) is 14.8. The van der Waals surface area contributed by atoms with Crippen LogP contribution in [0.1, 0.15) is 31.0 Å². The summed E-state index contributed by atoms with van der Waals surface area (Å²) in [6, 6.07) is 11.2. The number of nitrogens with zero attached hydrogens (tertiary/aromatic N) is 2. The molecule has 0 fully saturated rings. The Labute approximate surface area is 222 Å². The monoisotopic (exact) mass is 534 g/mol. The summed E-state index contributed by atoms with van der Waals surface area (Å²) in [5.74, 6) is 0.300. The van der Waals surface area contributed by atoms with Crippen molar-refractivity contribution < 1.29 is 28.5 Å². The van der Waals surface area contributed by atoms with Gasteiger partial charge < -0.3 is 18.9 Å². The van der Waals surface area contributed by atoms with E-state index in [0.29, 0.717) is 43.4 Å². The van der Waals surface area contributed by atoms with Gasteiger partial charge in [0.25, 0.3) is 5.56 Å². The van der Waals surface area contributed by atoms with Crippen molar-refractivity contribution in [2.75, 3.05) is 20.8 Å². The number of rotatable bonds is 8. The topological polar surface area (TPSA) is 105 Å². The predicted octanol–water partition coefficient (Wildman–Crippen LogP) is 2.91. The molecule has 0 radical (unpaired) electrons. The summed E-state index contributed by atoms with van der Waals surface area (Å²) in [7, 11) is 3.07. The summed E-state index contributed by atoms with van der Waals surface area (Å²) in [4.78, 5) is 43.3. The molecule has 0 saturated heterocycles. The number of benzene rings is 2. The zero-order chi connectivity index (χ0) is 27.4. The van der Waals surface area contributed by atoms with Crippen molar-refractivity contribution in [3.63, 3.8) is 0 Å². The number of carbonyl (C=O) groups is 2. The summed E-state index contributed by atoms with van der Waals surface area (Å²) in [5.41, 5.74) is 1.59. The van der Waals surface area contributed by atoms with Gasteiger partial charge in [-0.3, -0.25) is 14.2 Å². The molecule has 1 atom stereocenters. The van der Waals surface area contributed by atoms with Crippen molar-refractivity contribution in [1.82, 2.24) is 4.57 Å². The Kier molecular flexibility index (Phi) is 7.92. The Morgan fingerprint density at radius 3 is 2.50 bits per heavy atom. The van der Waals surface area contributed by atoms with Gasteiger partial charge in [-0.2, -0.15) is 0 Å². The van der Waals surface area contributed by atoms with Gasteiger partial charge in [0, 0.05) is 12.5 Å². The van der Waals surface area contributed by atoms with Gasteiger partial charge in [0.2, 0.25) is 0 Å². The number of para-hydroxylation sites is 1. The van der Waals surface area contributed by atoms with Crippen LogP contribution in [0.5, 0.6) is 17.2 Å². The van der Waals surface area contributed by atoms with E-state index in [9.17, 15) is 14.4 Å².